The highest BCUT2D eigenvalue weighted by atomic mass is 35.5. The maximum absolute atomic E-state index is 14.0. The molecule has 192 valence electrons. The minimum Gasteiger partial charge on any atom is -0.328 e. The average molecular weight is 532 g/mol. The van der Waals surface area contributed by atoms with Crippen LogP contribution in [0.25, 0.3) is 5.70 Å². The number of hydrazine groups is 1. The molecule has 2 aromatic carbocycles. The van der Waals surface area contributed by atoms with Crippen LogP contribution in [-0.2, 0) is 13.0 Å². The number of fused-ring (bicyclic) bond motifs is 2. The number of hydrogen-bond donors (Lipinski definition) is 1. The van der Waals surface area contributed by atoms with Crippen molar-refractivity contribution in [3.63, 3.8) is 0 Å². The standard InChI is InChI=1S/C28H23ClFN5O3/c1-33-25(23(29)13-32-33)17-11-18-14-34(28(38)24(18)31-12-17)20(10-16-5-4-6-19(30)9-16)15-35-26(36)21-7-2-3-8-22(21)27(35)37/h2-9,11-12,20,32H,10,13-15H2,1H3/t20-/m0/s1. The monoisotopic (exact) mass is 531 g/mol. The maximum atomic E-state index is 14.0. The third kappa shape index (κ3) is 4.04. The van der Waals surface area contributed by atoms with Gasteiger partial charge in [0, 0.05) is 30.9 Å². The highest BCUT2D eigenvalue weighted by molar-refractivity contribution is 6.33. The molecule has 0 aliphatic carbocycles. The van der Waals surface area contributed by atoms with Gasteiger partial charge < -0.3 is 9.91 Å². The van der Waals surface area contributed by atoms with E-state index in [0.717, 1.165) is 16.8 Å². The lowest BCUT2D eigenvalue weighted by atomic mass is 10.0. The molecule has 0 radical (unpaired) electrons. The van der Waals surface area contributed by atoms with Gasteiger partial charge in [-0.15, -0.1) is 0 Å². The van der Waals surface area contributed by atoms with Crippen molar-refractivity contribution in [3.05, 3.63) is 105 Å². The molecular weight excluding hydrogens is 509 g/mol. The number of pyridine rings is 1. The lowest BCUT2D eigenvalue weighted by Gasteiger charge is -2.30. The molecule has 0 saturated carbocycles. The van der Waals surface area contributed by atoms with E-state index in [2.05, 4.69) is 10.4 Å². The summed E-state index contributed by atoms with van der Waals surface area (Å²) in [4.78, 5) is 47.0. The van der Waals surface area contributed by atoms with Crippen molar-refractivity contribution in [3.8, 4) is 0 Å². The number of carbonyl (C=O) groups is 3. The van der Waals surface area contributed by atoms with E-state index >= 15 is 0 Å². The predicted molar refractivity (Wildman–Crippen MR) is 138 cm³/mol. The van der Waals surface area contributed by atoms with Gasteiger partial charge in [-0.3, -0.25) is 24.3 Å². The maximum Gasteiger partial charge on any atom is 0.273 e. The van der Waals surface area contributed by atoms with E-state index in [4.69, 9.17) is 11.6 Å². The molecule has 1 N–H and O–H groups in total. The van der Waals surface area contributed by atoms with Crippen LogP contribution < -0.4 is 5.43 Å². The van der Waals surface area contributed by atoms with Gasteiger partial charge in [-0.05, 0) is 42.3 Å². The Hall–Kier alpha value is -4.08. The summed E-state index contributed by atoms with van der Waals surface area (Å²) < 4.78 is 14.0. The summed E-state index contributed by atoms with van der Waals surface area (Å²) in [7, 11) is 1.85. The van der Waals surface area contributed by atoms with E-state index in [1.54, 1.807) is 47.5 Å². The van der Waals surface area contributed by atoms with E-state index in [9.17, 15) is 18.8 Å². The number of hydrogen-bond acceptors (Lipinski definition) is 6. The Labute approximate surface area is 223 Å². The van der Waals surface area contributed by atoms with Crippen molar-refractivity contribution < 1.29 is 18.8 Å². The minimum absolute atomic E-state index is 0.0287. The van der Waals surface area contributed by atoms with Gasteiger partial charge in [0.15, 0.2) is 0 Å². The Kier molecular flexibility index (Phi) is 5.97. The third-order valence-corrected chi connectivity index (χ3v) is 7.49. The fraction of sp³-hybridized carbons (Fsp3) is 0.214. The summed E-state index contributed by atoms with van der Waals surface area (Å²) >= 11 is 6.40. The van der Waals surface area contributed by atoms with Gasteiger partial charge in [-0.1, -0.05) is 35.9 Å². The van der Waals surface area contributed by atoms with Crippen LogP contribution in [0.3, 0.4) is 0 Å². The topological polar surface area (TPSA) is 85.8 Å². The molecule has 38 heavy (non-hydrogen) atoms. The molecule has 10 heteroatoms. The van der Waals surface area contributed by atoms with Crippen LogP contribution in [0.4, 0.5) is 4.39 Å². The number of carbonyl (C=O) groups excluding carboxylic acids is 3. The number of imide groups is 1. The van der Waals surface area contributed by atoms with Crippen LogP contribution in [0.1, 0.15) is 47.9 Å². The number of amides is 3. The zero-order valence-electron chi connectivity index (χ0n) is 20.4. The molecule has 3 aromatic rings. The molecule has 1 atom stereocenters. The number of rotatable bonds is 6. The van der Waals surface area contributed by atoms with Gasteiger partial charge in [0.05, 0.1) is 41.0 Å². The molecular formula is C28H23ClFN5O3. The van der Waals surface area contributed by atoms with E-state index in [0.29, 0.717) is 34.0 Å². The van der Waals surface area contributed by atoms with Crippen LogP contribution in [0.15, 0.2) is 65.8 Å². The Morgan fingerprint density at radius 1 is 1.03 bits per heavy atom. The molecule has 1 aromatic heterocycles. The van der Waals surface area contributed by atoms with Crippen molar-refractivity contribution in [1.29, 1.82) is 0 Å². The molecule has 6 rings (SSSR count). The second kappa shape index (κ2) is 9.34. The van der Waals surface area contributed by atoms with Crippen molar-refractivity contribution in [2.75, 3.05) is 20.1 Å². The number of nitrogens with one attached hydrogen (secondary N) is 1. The number of nitrogens with zero attached hydrogens (tertiary/aromatic N) is 4. The molecule has 0 bridgehead atoms. The molecule has 3 amide bonds. The van der Waals surface area contributed by atoms with E-state index in [1.807, 2.05) is 18.1 Å². The Bertz CT molecular complexity index is 1510. The van der Waals surface area contributed by atoms with Crippen LogP contribution >= 0.6 is 11.6 Å². The predicted octanol–water partition coefficient (Wildman–Crippen LogP) is 3.44. The molecule has 0 unspecified atom stereocenters. The average Bonchev–Trinajstić information content (AvgIpc) is 3.50. The summed E-state index contributed by atoms with van der Waals surface area (Å²) in [5.74, 6) is -1.51. The lowest BCUT2D eigenvalue weighted by molar-refractivity contribution is 0.0526. The van der Waals surface area contributed by atoms with Crippen molar-refractivity contribution in [2.45, 2.75) is 19.0 Å². The highest BCUT2D eigenvalue weighted by Crippen LogP contribution is 2.32. The fourth-order valence-electron chi connectivity index (χ4n) is 5.35. The molecule has 8 nitrogen and oxygen atoms in total. The van der Waals surface area contributed by atoms with Crippen LogP contribution in [0, 0.1) is 5.82 Å². The zero-order chi connectivity index (χ0) is 26.6. The molecule has 0 spiro atoms. The molecule has 0 fully saturated rings. The van der Waals surface area contributed by atoms with Gasteiger partial charge in [-0.25, -0.2) is 9.82 Å². The first-order chi connectivity index (χ1) is 18.3. The summed E-state index contributed by atoms with van der Waals surface area (Å²) in [5.41, 5.74) is 7.05. The summed E-state index contributed by atoms with van der Waals surface area (Å²) in [5, 5.41) is 2.46. The Morgan fingerprint density at radius 3 is 2.42 bits per heavy atom. The summed E-state index contributed by atoms with van der Waals surface area (Å²) in [6.07, 6.45) is 1.87. The molecule has 3 aliphatic rings. The van der Waals surface area contributed by atoms with Crippen LogP contribution in [0.5, 0.6) is 0 Å². The SMILES string of the molecule is CN1NCC(Cl)=C1c1cnc2c(c1)CN([C@@H](Cc1cccc(F)c1)CN1C(=O)c3ccccc3C1=O)C2=O. The second-order valence-corrected chi connectivity index (χ2v) is 10.0. The van der Waals surface area contributed by atoms with E-state index < -0.39 is 23.7 Å². The molecule has 0 saturated heterocycles. The van der Waals surface area contributed by atoms with Gasteiger partial charge >= 0.3 is 0 Å². The van der Waals surface area contributed by atoms with E-state index in [1.165, 1.54) is 17.0 Å². The second-order valence-electron chi connectivity index (χ2n) is 9.57. The van der Waals surface area contributed by atoms with Gasteiger partial charge in [0.1, 0.15) is 11.5 Å². The quantitative estimate of drug-likeness (QED) is 0.491. The molecule has 3 aliphatic heterocycles. The largest absolute Gasteiger partial charge is 0.328 e. The normalized spacial score (nSPS) is 17.6. The van der Waals surface area contributed by atoms with Crippen molar-refractivity contribution >= 4 is 35.0 Å². The van der Waals surface area contributed by atoms with Gasteiger partial charge in [0.25, 0.3) is 17.7 Å². The number of benzene rings is 2. The Balaban J connectivity index is 1.33. The first-order valence-electron chi connectivity index (χ1n) is 12.2. The summed E-state index contributed by atoms with van der Waals surface area (Å²) in [6, 6.07) is 14.1. The van der Waals surface area contributed by atoms with Gasteiger partial charge in [0.2, 0.25) is 0 Å². The van der Waals surface area contributed by atoms with E-state index in [-0.39, 0.29) is 25.4 Å². The zero-order valence-corrected chi connectivity index (χ0v) is 21.2. The van der Waals surface area contributed by atoms with Gasteiger partial charge in [-0.2, -0.15) is 0 Å². The first-order valence-corrected chi connectivity index (χ1v) is 12.6. The number of halogens is 2. The fourth-order valence-corrected chi connectivity index (χ4v) is 5.64. The Morgan fingerprint density at radius 2 is 1.76 bits per heavy atom. The van der Waals surface area contributed by atoms with Crippen LogP contribution in [0.2, 0.25) is 0 Å². The summed E-state index contributed by atoms with van der Waals surface area (Å²) in [6.45, 7) is 0.713. The number of aromatic nitrogens is 1. The highest BCUT2D eigenvalue weighted by Gasteiger charge is 2.41. The van der Waals surface area contributed by atoms with Crippen molar-refractivity contribution in [1.82, 2.24) is 25.2 Å². The smallest absolute Gasteiger partial charge is 0.273 e. The van der Waals surface area contributed by atoms with Crippen LogP contribution in [-0.4, -0.2) is 63.7 Å². The minimum atomic E-state index is -0.595. The van der Waals surface area contributed by atoms with Crippen molar-refractivity contribution in [2.24, 2.45) is 0 Å². The first kappa shape index (κ1) is 24.3. The lowest BCUT2D eigenvalue weighted by Crippen LogP contribution is -2.47. The third-order valence-electron chi connectivity index (χ3n) is 7.18. The molecule has 4 heterocycles.